The van der Waals surface area contributed by atoms with E-state index in [2.05, 4.69) is 264 Å². The minimum atomic E-state index is 0. The van der Waals surface area contributed by atoms with Crippen molar-refractivity contribution in [1.29, 1.82) is 0 Å². The number of anilines is 2. The van der Waals surface area contributed by atoms with Gasteiger partial charge in [-0.1, -0.05) is 188 Å². The van der Waals surface area contributed by atoms with E-state index >= 15 is 0 Å². The standard InChI is InChI=1S/3C18H14N.C15H12N2.C12H11N2.3C11H8N.3Ir/c1-2-6-14(7-3-1)15-9-10-16-13-19-11-5-4-8-18(19)17(16)12-15;1-14-12-18(16-10-6-3-7-11-16)19-13-17(14)15-8-4-2-5-9-15;1-14-7-5-6-10-17(14)16-11-12-18(19-13-16)15-8-3-2-4-9-15;1-3-7-14(8-4-1)16-11-12-17(13-16)15-9-5-2-6-10-15;1-9-6-7-14-8-10-4-2-3-5-11(10)12(14)13-9;3*1-2-6-10(7-3-1)11-8-4-5-9-12-11;;;/h1-12H,13H2;2-10,12-13H,1H3;2-8,10-13H,1H3;1-9,11-13H;2-7H,8H2,1H3;3*1-6,8-9H;;;/q+1;2*-1;-2;+1;3*-1;;;+3. The van der Waals surface area contributed by atoms with E-state index in [1.165, 1.54) is 66.9 Å². The predicted molar refractivity (Wildman–Crippen MR) is 503 cm³/mol. The Kier molecular flexibility index (Phi) is 35.0. The third-order valence-corrected chi connectivity index (χ3v) is 20.4. The molecule has 3 aliphatic heterocycles. The summed E-state index contributed by atoms with van der Waals surface area (Å²) < 4.78 is 4.50. The number of aromatic nitrogens is 8. The van der Waals surface area contributed by atoms with E-state index in [1.54, 1.807) is 18.6 Å². The second kappa shape index (κ2) is 48.2. The molecule has 0 atom stereocenters. The van der Waals surface area contributed by atoms with Crippen LogP contribution < -0.4 is 18.9 Å². The van der Waals surface area contributed by atoms with Gasteiger partial charge in [-0.05, 0) is 147 Å². The van der Waals surface area contributed by atoms with Gasteiger partial charge < -0.3 is 34.7 Å². The number of nitrogens with zero attached hydrogens (tertiary/aromatic N) is 10. The smallest absolute Gasteiger partial charge is 0.500 e. The van der Waals surface area contributed by atoms with Gasteiger partial charge in [0.1, 0.15) is 6.54 Å². The molecule has 12 aromatic carbocycles. The van der Waals surface area contributed by atoms with Crippen molar-refractivity contribution >= 4 is 11.4 Å². The monoisotopic (exact) mass is 2180 g/mol. The van der Waals surface area contributed by atoms with Gasteiger partial charge in [-0.3, -0.25) is 0 Å². The molecule has 0 saturated heterocycles. The number of aryl methyl sites for hydroxylation is 3. The van der Waals surface area contributed by atoms with Crippen molar-refractivity contribution in [3.05, 3.63) is 527 Å². The first-order valence-electron chi connectivity index (χ1n) is 41.2. The first-order chi connectivity index (χ1) is 61.3. The molecule has 3 aliphatic rings. The third kappa shape index (κ3) is 25.8. The van der Waals surface area contributed by atoms with Crippen molar-refractivity contribution in [2.24, 2.45) is 0 Å². The Labute approximate surface area is 787 Å². The zero-order valence-corrected chi connectivity index (χ0v) is 77.5. The van der Waals surface area contributed by atoms with E-state index in [1.807, 2.05) is 286 Å². The summed E-state index contributed by atoms with van der Waals surface area (Å²) in [7, 11) is 0. The molecule has 0 N–H and O–H groups in total. The Morgan fingerprint density at radius 1 is 0.299 bits per heavy atom. The molecule has 0 spiro atoms. The van der Waals surface area contributed by atoms with Gasteiger partial charge in [0.15, 0.2) is 18.4 Å². The Bertz CT molecular complexity index is 6170. The van der Waals surface area contributed by atoms with Crippen molar-refractivity contribution in [3.63, 3.8) is 0 Å². The average molecular weight is 2180 g/mol. The molecule has 22 rings (SSSR count). The molecule has 0 amide bonds. The number of rotatable bonds is 10. The Hall–Kier alpha value is -14.1. The molecule has 19 aromatic rings. The fraction of sp³-hybridized carbons (Fsp3) is 0.0439. The second-order valence-electron chi connectivity index (χ2n) is 29.0. The van der Waals surface area contributed by atoms with E-state index in [-0.39, 0.29) is 60.3 Å². The summed E-state index contributed by atoms with van der Waals surface area (Å²) in [6, 6.07) is 153. The van der Waals surface area contributed by atoms with Crippen LogP contribution in [0.1, 0.15) is 27.9 Å². The average Bonchev–Trinajstić information content (AvgIpc) is 1.65. The van der Waals surface area contributed by atoms with Crippen molar-refractivity contribution < 1.29 is 69.5 Å². The molecule has 13 heteroatoms. The second-order valence-corrected chi connectivity index (χ2v) is 29.0. The van der Waals surface area contributed by atoms with E-state index in [0.717, 1.165) is 97.8 Å². The number of hydrogen-bond donors (Lipinski definition) is 0. The molecule has 10 nitrogen and oxygen atoms in total. The van der Waals surface area contributed by atoms with Crippen molar-refractivity contribution in [3.8, 4) is 112 Å². The normalized spacial score (nSPS) is 10.9. The van der Waals surface area contributed by atoms with Gasteiger partial charge in [0.25, 0.3) is 0 Å². The quantitative estimate of drug-likeness (QED) is 0.0988. The summed E-state index contributed by atoms with van der Waals surface area (Å²) in [5.74, 6) is 1.10. The first kappa shape index (κ1) is 92.1. The topological polar surface area (TPSA) is 91.6 Å². The van der Waals surface area contributed by atoms with Gasteiger partial charge in [0.05, 0.1) is 17.3 Å². The summed E-state index contributed by atoms with van der Waals surface area (Å²) in [5, 5.41) is 0. The number of pyridine rings is 6. The van der Waals surface area contributed by atoms with Crippen molar-refractivity contribution in [2.75, 3.05) is 9.80 Å². The summed E-state index contributed by atoms with van der Waals surface area (Å²) in [4.78, 5) is 30.4. The molecular weight excluding hydrogens is 2090 g/mol. The van der Waals surface area contributed by atoms with Crippen LogP contribution in [0.5, 0.6) is 0 Å². The van der Waals surface area contributed by atoms with Crippen LogP contribution in [0, 0.1) is 63.8 Å². The Balaban J connectivity index is 0.000000132. The molecule has 127 heavy (non-hydrogen) atoms. The zero-order valence-electron chi connectivity index (χ0n) is 70.3. The Morgan fingerprint density at radius 3 is 1.26 bits per heavy atom. The van der Waals surface area contributed by atoms with Gasteiger partial charge in [-0.25, -0.2) is 4.57 Å². The maximum absolute atomic E-state index is 4.56. The summed E-state index contributed by atoms with van der Waals surface area (Å²) in [6.45, 7) is 10.3. The molecule has 0 fully saturated rings. The van der Waals surface area contributed by atoms with Gasteiger partial charge in [-0.2, -0.15) is 34.9 Å². The maximum atomic E-state index is 4.56. The Morgan fingerprint density at radius 2 is 0.748 bits per heavy atom. The molecule has 0 bridgehead atoms. The van der Waals surface area contributed by atoms with Crippen molar-refractivity contribution in [1.82, 2.24) is 29.9 Å². The van der Waals surface area contributed by atoms with Crippen LogP contribution in [0.15, 0.2) is 456 Å². The van der Waals surface area contributed by atoms with Gasteiger partial charge in [0.2, 0.25) is 5.69 Å². The number of benzene rings is 12. The first-order valence-corrected chi connectivity index (χ1v) is 41.2. The van der Waals surface area contributed by atoms with Gasteiger partial charge in [-0.15, -0.1) is 192 Å². The van der Waals surface area contributed by atoms with E-state index in [0.29, 0.717) is 0 Å². The maximum Gasteiger partial charge on any atom is 3.00 e. The molecule has 0 unspecified atom stereocenters. The SMILES string of the molecule is Cc1cc(-c2[c-]cccc2)ncc1-c1ccccc1.Cc1cc[n+]2c(n1)-c1ccccc1C2.Cc1ccccc1-c1ccc(-c2[c-]cccc2)nc1.[Ir+3].[Ir].[Ir].[c-]1ccccc1-c1ccccn1.[c-]1ccccc1-c1ccccn1.[c-]1ccccc1-c1ccccn1.[c-]1ccccc1N1C=CN(c2ccccc2)[CH-]1.c1ccc(-c2ccc3c(c2)-c2cccc[n+]2C3)cc1. The van der Waals surface area contributed by atoms with Crippen molar-refractivity contribution in [2.45, 2.75) is 33.9 Å². The molecule has 0 saturated carbocycles. The summed E-state index contributed by atoms with van der Waals surface area (Å²) in [5.41, 5.74) is 29.9. The predicted octanol–water partition coefficient (Wildman–Crippen LogP) is 25.5. The van der Waals surface area contributed by atoms with Crippen LogP contribution in [-0.2, 0) is 73.4 Å². The fourth-order valence-corrected chi connectivity index (χ4v) is 14.1. The van der Waals surface area contributed by atoms with E-state index < -0.39 is 0 Å². The minimum absolute atomic E-state index is 0. The van der Waals surface area contributed by atoms with Crippen LogP contribution in [0.3, 0.4) is 0 Å². The molecule has 2 radical (unpaired) electrons. The molecule has 7 aromatic heterocycles. The summed E-state index contributed by atoms with van der Waals surface area (Å²) in [6.07, 6.45) is 17.6. The number of para-hydroxylation sites is 2. The van der Waals surface area contributed by atoms with E-state index in [4.69, 9.17) is 0 Å². The zero-order chi connectivity index (χ0) is 84.5. The van der Waals surface area contributed by atoms with Crippen LogP contribution >= 0.6 is 0 Å². The largest absolute Gasteiger partial charge is 3.00 e. The third-order valence-electron chi connectivity index (χ3n) is 20.4. The number of hydrogen-bond acceptors (Lipinski definition) is 8. The molecule has 0 aliphatic carbocycles. The van der Waals surface area contributed by atoms with Crippen LogP contribution in [0.4, 0.5) is 11.4 Å². The van der Waals surface area contributed by atoms with Crippen LogP contribution in [0.2, 0.25) is 0 Å². The summed E-state index contributed by atoms with van der Waals surface area (Å²) >= 11 is 0. The van der Waals surface area contributed by atoms with E-state index in [9.17, 15) is 0 Å². The van der Waals surface area contributed by atoms with Gasteiger partial charge in [0, 0.05) is 119 Å². The fourth-order valence-electron chi connectivity index (χ4n) is 14.1. The number of fused-ring (bicyclic) bond motifs is 6. The molecular formula is C114H89Ir3N10-2. The minimum Gasteiger partial charge on any atom is -0.500 e. The molecule has 10 heterocycles. The van der Waals surface area contributed by atoms with Crippen LogP contribution in [-0.4, -0.2) is 29.9 Å². The van der Waals surface area contributed by atoms with Gasteiger partial charge >= 0.3 is 25.9 Å². The molecule has 624 valence electrons. The van der Waals surface area contributed by atoms with Crippen LogP contribution in [0.25, 0.3) is 112 Å².